The topological polar surface area (TPSA) is 45.0 Å². The van der Waals surface area contributed by atoms with Crippen molar-refractivity contribution in [1.29, 1.82) is 0 Å². The standard InChI is InChI=1S/C8H13N3/c9-8-5-7(6-10-8)11-3-1-2-4-11/h5-6,10H,1-4,9H2. The number of anilines is 2. The van der Waals surface area contributed by atoms with E-state index in [9.17, 15) is 0 Å². The van der Waals surface area contributed by atoms with E-state index in [-0.39, 0.29) is 0 Å². The van der Waals surface area contributed by atoms with Crippen LogP contribution >= 0.6 is 0 Å². The number of H-pyrrole nitrogens is 1. The molecule has 11 heavy (non-hydrogen) atoms. The molecule has 1 saturated heterocycles. The van der Waals surface area contributed by atoms with Crippen LogP contribution in [0.3, 0.4) is 0 Å². The van der Waals surface area contributed by atoms with Crippen LogP contribution in [0.5, 0.6) is 0 Å². The predicted octanol–water partition coefficient (Wildman–Crippen LogP) is 1.20. The van der Waals surface area contributed by atoms with Gasteiger partial charge in [0.05, 0.1) is 5.69 Å². The number of nitrogens with zero attached hydrogens (tertiary/aromatic N) is 1. The third-order valence-electron chi connectivity index (χ3n) is 2.16. The zero-order chi connectivity index (χ0) is 7.68. The molecule has 2 heterocycles. The molecule has 1 fully saturated rings. The Hall–Kier alpha value is -1.12. The van der Waals surface area contributed by atoms with Crippen molar-refractivity contribution in [2.24, 2.45) is 0 Å². The first-order chi connectivity index (χ1) is 5.36. The molecule has 3 nitrogen and oxygen atoms in total. The molecule has 0 saturated carbocycles. The Bertz CT molecular complexity index is 235. The third-order valence-corrected chi connectivity index (χ3v) is 2.16. The van der Waals surface area contributed by atoms with Crippen molar-refractivity contribution in [3.63, 3.8) is 0 Å². The lowest BCUT2D eigenvalue weighted by Gasteiger charge is -2.13. The van der Waals surface area contributed by atoms with Crippen LogP contribution in [-0.4, -0.2) is 18.1 Å². The Labute approximate surface area is 66.2 Å². The number of hydrogen-bond acceptors (Lipinski definition) is 2. The summed E-state index contributed by atoms with van der Waals surface area (Å²) in [6, 6.07) is 1.99. The van der Waals surface area contributed by atoms with Crippen molar-refractivity contribution in [2.45, 2.75) is 12.8 Å². The Morgan fingerprint density at radius 1 is 1.36 bits per heavy atom. The number of nitrogens with one attached hydrogen (secondary N) is 1. The van der Waals surface area contributed by atoms with Crippen molar-refractivity contribution in [2.75, 3.05) is 23.7 Å². The summed E-state index contributed by atoms with van der Waals surface area (Å²) in [4.78, 5) is 5.34. The van der Waals surface area contributed by atoms with Gasteiger partial charge in [-0.05, 0) is 12.8 Å². The monoisotopic (exact) mass is 151 g/mol. The summed E-state index contributed by atoms with van der Waals surface area (Å²) in [6.45, 7) is 2.36. The van der Waals surface area contributed by atoms with Gasteiger partial charge in [0.2, 0.25) is 0 Å². The molecule has 0 aliphatic carbocycles. The predicted molar refractivity (Wildman–Crippen MR) is 46.7 cm³/mol. The van der Waals surface area contributed by atoms with E-state index in [1.54, 1.807) is 0 Å². The van der Waals surface area contributed by atoms with Gasteiger partial charge in [-0.25, -0.2) is 0 Å². The summed E-state index contributed by atoms with van der Waals surface area (Å²) in [5.41, 5.74) is 6.80. The number of hydrogen-bond donors (Lipinski definition) is 2. The molecule has 2 rings (SSSR count). The van der Waals surface area contributed by atoms with E-state index in [4.69, 9.17) is 5.73 Å². The fourth-order valence-corrected chi connectivity index (χ4v) is 1.56. The molecule has 0 bridgehead atoms. The van der Waals surface area contributed by atoms with Crippen LogP contribution in [0.4, 0.5) is 11.5 Å². The second kappa shape index (κ2) is 2.49. The zero-order valence-electron chi connectivity index (χ0n) is 6.51. The van der Waals surface area contributed by atoms with Crippen LogP contribution in [0.1, 0.15) is 12.8 Å². The van der Waals surface area contributed by atoms with Gasteiger partial charge in [-0.15, -0.1) is 0 Å². The Morgan fingerprint density at radius 2 is 2.09 bits per heavy atom. The van der Waals surface area contributed by atoms with Crippen LogP contribution in [0.15, 0.2) is 12.3 Å². The Balaban J connectivity index is 2.15. The molecule has 3 N–H and O–H groups in total. The molecule has 60 valence electrons. The first-order valence-corrected chi connectivity index (χ1v) is 4.05. The first-order valence-electron chi connectivity index (χ1n) is 4.05. The smallest absolute Gasteiger partial charge is 0.102 e. The SMILES string of the molecule is Nc1cc(N2CCCC2)c[nH]1. The maximum atomic E-state index is 5.56. The van der Waals surface area contributed by atoms with Gasteiger partial charge in [-0.3, -0.25) is 0 Å². The maximum Gasteiger partial charge on any atom is 0.102 e. The lowest BCUT2D eigenvalue weighted by atomic mass is 10.4. The zero-order valence-corrected chi connectivity index (χ0v) is 6.51. The van der Waals surface area contributed by atoms with E-state index in [0.717, 1.165) is 5.82 Å². The molecule has 1 aromatic heterocycles. The van der Waals surface area contributed by atoms with Crippen LogP contribution in [0.25, 0.3) is 0 Å². The fourth-order valence-electron chi connectivity index (χ4n) is 1.56. The van der Waals surface area contributed by atoms with Gasteiger partial charge in [-0.1, -0.05) is 0 Å². The first kappa shape index (κ1) is 6.58. The highest BCUT2D eigenvalue weighted by molar-refractivity contribution is 5.53. The van der Waals surface area contributed by atoms with Crippen molar-refractivity contribution >= 4 is 11.5 Å². The minimum absolute atomic E-state index is 0.756. The van der Waals surface area contributed by atoms with Crippen LogP contribution < -0.4 is 10.6 Å². The quantitative estimate of drug-likeness (QED) is 0.633. The number of rotatable bonds is 1. The van der Waals surface area contributed by atoms with E-state index in [1.807, 2.05) is 12.3 Å². The molecule has 1 aliphatic heterocycles. The lowest BCUT2D eigenvalue weighted by molar-refractivity contribution is 0.949. The van der Waals surface area contributed by atoms with Crippen LogP contribution in [-0.2, 0) is 0 Å². The van der Waals surface area contributed by atoms with Gasteiger partial charge < -0.3 is 15.6 Å². The molecule has 0 aromatic carbocycles. The average Bonchev–Trinajstić information content (AvgIpc) is 2.55. The highest BCUT2D eigenvalue weighted by Gasteiger charge is 2.12. The summed E-state index contributed by atoms with van der Waals surface area (Å²) < 4.78 is 0. The lowest BCUT2D eigenvalue weighted by Crippen LogP contribution is -2.16. The average molecular weight is 151 g/mol. The largest absolute Gasteiger partial charge is 0.385 e. The molecule has 0 atom stereocenters. The van der Waals surface area contributed by atoms with Gasteiger partial charge in [-0.2, -0.15) is 0 Å². The van der Waals surface area contributed by atoms with Gasteiger partial charge in [0.1, 0.15) is 5.82 Å². The van der Waals surface area contributed by atoms with E-state index in [1.165, 1.54) is 31.6 Å². The minimum atomic E-state index is 0.756. The molecule has 0 amide bonds. The van der Waals surface area contributed by atoms with E-state index < -0.39 is 0 Å². The summed E-state index contributed by atoms with van der Waals surface area (Å²) in [5, 5.41) is 0. The molecule has 3 heteroatoms. The molecule has 1 aromatic rings. The van der Waals surface area contributed by atoms with Crippen molar-refractivity contribution in [3.8, 4) is 0 Å². The number of aromatic nitrogens is 1. The molecule has 1 aliphatic rings. The second-order valence-electron chi connectivity index (χ2n) is 3.01. The molecular weight excluding hydrogens is 138 g/mol. The molecular formula is C8H13N3. The normalized spacial score (nSPS) is 17.6. The van der Waals surface area contributed by atoms with Crippen LogP contribution in [0.2, 0.25) is 0 Å². The molecule has 0 radical (unpaired) electrons. The summed E-state index contributed by atoms with van der Waals surface area (Å²) >= 11 is 0. The van der Waals surface area contributed by atoms with Crippen LogP contribution in [0, 0.1) is 0 Å². The fraction of sp³-hybridized carbons (Fsp3) is 0.500. The highest BCUT2D eigenvalue weighted by atomic mass is 15.2. The summed E-state index contributed by atoms with van der Waals surface area (Å²) in [7, 11) is 0. The summed E-state index contributed by atoms with van der Waals surface area (Å²) in [5.74, 6) is 0.756. The van der Waals surface area contributed by atoms with Gasteiger partial charge in [0.25, 0.3) is 0 Å². The highest BCUT2D eigenvalue weighted by Crippen LogP contribution is 2.21. The van der Waals surface area contributed by atoms with Crippen molar-refractivity contribution in [1.82, 2.24) is 4.98 Å². The van der Waals surface area contributed by atoms with Crippen molar-refractivity contribution in [3.05, 3.63) is 12.3 Å². The van der Waals surface area contributed by atoms with E-state index in [0.29, 0.717) is 0 Å². The number of nitrogen functional groups attached to an aromatic ring is 1. The summed E-state index contributed by atoms with van der Waals surface area (Å²) in [6.07, 6.45) is 4.59. The molecule has 0 unspecified atom stereocenters. The number of nitrogens with two attached hydrogens (primary N) is 1. The van der Waals surface area contributed by atoms with Gasteiger partial charge in [0, 0.05) is 25.4 Å². The second-order valence-corrected chi connectivity index (χ2v) is 3.01. The van der Waals surface area contributed by atoms with E-state index >= 15 is 0 Å². The third kappa shape index (κ3) is 1.18. The number of aromatic amines is 1. The van der Waals surface area contributed by atoms with Gasteiger partial charge >= 0.3 is 0 Å². The Kier molecular flexibility index (Phi) is 1.49. The van der Waals surface area contributed by atoms with Gasteiger partial charge in [0.15, 0.2) is 0 Å². The minimum Gasteiger partial charge on any atom is -0.385 e. The maximum absolute atomic E-state index is 5.56. The van der Waals surface area contributed by atoms with Crippen molar-refractivity contribution < 1.29 is 0 Å². The Morgan fingerprint density at radius 3 is 2.64 bits per heavy atom. The molecule has 0 spiro atoms. The van der Waals surface area contributed by atoms with E-state index in [2.05, 4.69) is 9.88 Å².